The van der Waals surface area contributed by atoms with Gasteiger partial charge in [-0.05, 0) is 43.5 Å². The lowest BCUT2D eigenvalue weighted by molar-refractivity contribution is -0.138. The second-order valence-electron chi connectivity index (χ2n) is 7.74. The SMILES string of the molecule is O=C(COc1ccccc1)N1CCCCC1c1nc(-c2cccc(-n3cn[nH]c3=O)c2)no1. The molecule has 0 radical (unpaired) electrons. The molecule has 2 aromatic carbocycles. The Bertz CT molecular complexity index is 1300. The van der Waals surface area contributed by atoms with Gasteiger partial charge in [0.2, 0.25) is 11.7 Å². The summed E-state index contributed by atoms with van der Waals surface area (Å²) in [4.78, 5) is 31.1. The molecule has 1 aliphatic rings. The molecule has 0 aliphatic carbocycles. The highest BCUT2D eigenvalue weighted by atomic mass is 16.5. The second kappa shape index (κ2) is 9.11. The van der Waals surface area contributed by atoms with Gasteiger partial charge in [-0.3, -0.25) is 4.79 Å². The number of aromatic nitrogens is 5. The number of nitrogens with one attached hydrogen (secondary N) is 1. The summed E-state index contributed by atoms with van der Waals surface area (Å²) in [5, 5.41) is 10.3. The van der Waals surface area contributed by atoms with Crippen molar-refractivity contribution in [2.75, 3.05) is 13.2 Å². The van der Waals surface area contributed by atoms with Crippen LogP contribution in [0.3, 0.4) is 0 Å². The molecule has 168 valence electrons. The van der Waals surface area contributed by atoms with E-state index in [0.717, 1.165) is 19.3 Å². The van der Waals surface area contributed by atoms with Crippen molar-refractivity contribution in [1.29, 1.82) is 0 Å². The molecular formula is C23H22N6O4. The minimum atomic E-state index is -0.338. The average Bonchev–Trinajstić information content (AvgIpc) is 3.53. The van der Waals surface area contributed by atoms with E-state index in [1.807, 2.05) is 36.4 Å². The van der Waals surface area contributed by atoms with Crippen LogP contribution in [0.15, 0.2) is 70.2 Å². The van der Waals surface area contributed by atoms with E-state index in [-0.39, 0.29) is 24.2 Å². The number of piperidine rings is 1. The lowest BCUT2D eigenvalue weighted by Gasteiger charge is -2.33. The lowest BCUT2D eigenvalue weighted by atomic mass is 10.0. The fourth-order valence-electron chi connectivity index (χ4n) is 3.95. The van der Waals surface area contributed by atoms with Gasteiger partial charge in [0.15, 0.2) is 6.61 Å². The first kappa shape index (κ1) is 20.7. The number of H-pyrrole nitrogens is 1. The van der Waals surface area contributed by atoms with Crippen LogP contribution in [-0.4, -0.2) is 48.9 Å². The van der Waals surface area contributed by atoms with E-state index in [0.29, 0.717) is 35.3 Å². The van der Waals surface area contributed by atoms with Gasteiger partial charge in [0.05, 0.1) is 5.69 Å². The van der Waals surface area contributed by atoms with Crippen LogP contribution in [0.1, 0.15) is 31.2 Å². The topological polar surface area (TPSA) is 119 Å². The van der Waals surface area contributed by atoms with Crippen molar-refractivity contribution in [3.05, 3.63) is 77.3 Å². The number of aromatic amines is 1. The zero-order chi connectivity index (χ0) is 22.6. The maximum absolute atomic E-state index is 12.9. The van der Waals surface area contributed by atoms with Gasteiger partial charge in [0.1, 0.15) is 18.1 Å². The minimum Gasteiger partial charge on any atom is -0.484 e. The molecule has 0 bridgehead atoms. The van der Waals surface area contributed by atoms with E-state index in [1.165, 1.54) is 10.9 Å². The van der Waals surface area contributed by atoms with E-state index in [9.17, 15) is 9.59 Å². The maximum atomic E-state index is 12.9. The first-order valence-electron chi connectivity index (χ1n) is 10.7. The van der Waals surface area contributed by atoms with Gasteiger partial charge in [-0.25, -0.2) is 14.5 Å². The van der Waals surface area contributed by atoms with Crippen LogP contribution in [-0.2, 0) is 4.79 Å². The Morgan fingerprint density at radius 3 is 2.85 bits per heavy atom. The summed E-state index contributed by atoms with van der Waals surface area (Å²) >= 11 is 0. The smallest absolute Gasteiger partial charge is 0.347 e. The van der Waals surface area contributed by atoms with Crippen LogP contribution in [0.2, 0.25) is 0 Å². The number of likely N-dealkylation sites (tertiary alicyclic amines) is 1. The van der Waals surface area contributed by atoms with Gasteiger partial charge in [0.25, 0.3) is 5.91 Å². The molecule has 1 amide bonds. The number of carbonyl (C=O) groups excluding carboxylic acids is 1. The third-order valence-electron chi connectivity index (χ3n) is 5.59. The second-order valence-corrected chi connectivity index (χ2v) is 7.74. The van der Waals surface area contributed by atoms with Crippen LogP contribution >= 0.6 is 0 Å². The Morgan fingerprint density at radius 2 is 2.03 bits per heavy atom. The van der Waals surface area contributed by atoms with Crippen molar-refractivity contribution in [3.8, 4) is 22.8 Å². The molecule has 1 unspecified atom stereocenters. The molecule has 10 heteroatoms. The summed E-state index contributed by atoms with van der Waals surface area (Å²) in [6, 6.07) is 16.2. The van der Waals surface area contributed by atoms with Crippen molar-refractivity contribution in [1.82, 2.24) is 29.8 Å². The number of hydrogen-bond acceptors (Lipinski definition) is 7. The molecule has 10 nitrogen and oxygen atoms in total. The standard InChI is InChI=1S/C23H22N6O4/c30-20(14-32-18-9-2-1-3-10-18)28-12-5-4-11-19(28)22-25-21(27-33-22)16-7-6-8-17(13-16)29-15-24-26-23(29)31/h1-3,6-10,13,15,19H,4-5,11-12,14H2,(H,26,31). The number of benzene rings is 2. The van der Waals surface area contributed by atoms with Gasteiger partial charge in [-0.2, -0.15) is 10.1 Å². The zero-order valence-corrected chi connectivity index (χ0v) is 17.8. The van der Waals surface area contributed by atoms with Crippen molar-refractivity contribution in [3.63, 3.8) is 0 Å². The summed E-state index contributed by atoms with van der Waals surface area (Å²) in [7, 11) is 0. The van der Waals surface area contributed by atoms with Crippen molar-refractivity contribution in [2.24, 2.45) is 0 Å². The molecule has 1 fully saturated rings. The molecule has 1 saturated heterocycles. The van der Waals surface area contributed by atoms with Gasteiger partial charge in [-0.15, -0.1) is 0 Å². The van der Waals surface area contributed by atoms with Gasteiger partial charge in [0, 0.05) is 12.1 Å². The lowest BCUT2D eigenvalue weighted by Crippen LogP contribution is -2.41. The summed E-state index contributed by atoms with van der Waals surface area (Å²) in [6.45, 7) is 0.557. The molecule has 0 spiro atoms. The summed E-state index contributed by atoms with van der Waals surface area (Å²) < 4.78 is 12.6. The quantitative estimate of drug-likeness (QED) is 0.484. The molecule has 2 aromatic heterocycles. The number of carbonyl (C=O) groups is 1. The molecule has 1 aliphatic heterocycles. The van der Waals surface area contributed by atoms with Crippen LogP contribution in [0, 0.1) is 0 Å². The third-order valence-corrected chi connectivity index (χ3v) is 5.59. The number of nitrogens with zero attached hydrogens (tertiary/aromatic N) is 5. The highest BCUT2D eigenvalue weighted by Crippen LogP contribution is 2.31. The van der Waals surface area contributed by atoms with Crippen LogP contribution < -0.4 is 10.4 Å². The number of para-hydroxylation sites is 1. The number of ether oxygens (including phenoxy) is 1. The molecule has 4 aromatic rings. The molecule has 5 rings (SSSR count). The Labute approximate surface area is 188 Å². The Balaban J connectivity index is 1.34. The highest BCUT2D eigenvalue weighted by Gasteiger charge is 2.32. The van der Waals surface area contributed by atoms with Crippen molar-refractivity contribution in [2.45, 2.75) is 25.3 Å². The predicted molar refractivity (Wildman–Crippen MR) is 118 cm³/mol. The monoisotopic (exact) mass is 446 g/mol. The molecule has 3 heterocycles. The molecule has 0 saturated carbocycles. The van der Waals surface area contributed by atoms with Gasteiger partial charge >= 0.3 is 5.69 Å². The molecule has 33 heavy (non-hydrogen) atoms. The summed E-state index contributed by atoms with van der Waals surface area (Å²) in [5.41, 5.74) is 0.983. The zero-order valence-electron chi connectivity index (χ0n) is 17.8. The molecular weight excluding hydrogens is 424 g/mol. The fourth-order valence-corrected chi connectivity index (χ4v) is 3.95. The normalized spacial score (nSPS) is 16.0. The van der Waals surface area contributed by atoms with Gasteiger partial charge in [-0.1, -0.05) is 35.5 Å². The van der Waals surface area contributed by atoms with Gasteiger partial charge < -0.3 is 14.2 Å². The first-order chi connectivity index (χ1) is 16.2. The van der Waals surface area contributed by atoms with E-state index >= 15 is 0 Å². The van der Waals surface area contributed by atoms with E-state index in [4.69, 9.17) is 9.26 Å². The molecule has 1 N–H and O–H groups in total. The number of rotatable bonds is 6. The number of amides is 1. The number of hydrogen-bond donors (Lipinski definition) is 1. The summed E-state index contributed by atoms with van der Waals surface area (Å²) in [6.07, 6.45) is 4.02. The maximum Gasteiger partial charge on any atom is 0.347 e. The highest BCUT2D eigenvalue weighted by molar-refractivity contribution is 5.78. The molecule has 1 atom stereocenters. The van der Waals surface area contributed by atoms with Crippen LogP contribution in [0.25, 0.3) is 17.1 Å². The Hall–Kier alpha value is -4.21. The predicted octanol–water partition coefficient (Wildman–Crippen LogP) is 2.74. The van der Waals surface area contributed by atoms with Crippen LogP contribution in [0.5, 0.6) is 5.75 Å². The van der Waals surface area contributed by atoms with Crippen molar-refractivity contribution < 1.29 is 14.1 Å². The fraction of sp³-hybridized carbons (Fsp3) is 0.261. The third kappa shape index (κ3) is 4.40. The Morgan fingerprint density at radius 1 is 1.15 bits per heavy atom. The minimum absolute atomic E-state index is 0.0526. The van der Waals surface area contributed by atoms with E-state index in [2.05, 4.69) is 20.3 Å². The van der Waals surface area contributed by atoms with Crippen LogP contribution in [0.4, 0.5) is 0 Å². The largest absolute Gasteiger partial charge is 0.484 e. The van der Waals surface area contributed by atoms with Crippen molar-refractivity contribution >= 4 is 5.91 Å². The first-order valence-corrected chi connectivity index (χ1v) is 10.7. The van der Waals surface area contributed by atoms with E-state index in [1.54, 1.807) is 23.1 Å². The average molecular weight is 446 g/mol. The Kier molecular flexibility index (Phi) is 5.71. The summed E-state index contributed by atoms with van der Waals surface area (Å²) in [5.74, 6) is 1.31. The van der Waals surface area contributed by atoms with E-state index < -0.39 is 0 Å².